The highest BCUT2D eigenvalue weighted by Crippen LogP contribution is 2.11. The van der Waals surface area contributed by atoms with Crippen molar-refractivity contribution in [3.05, 3.63) is 34.9 Å². The van der Waals surface area contributed by atoms with E-state index in [0.717, 1.165) is 11.1 Å². The zero-order chi connectivity index (χ0) is 13.8. The van der Waals surface area contributed by atoms with E-state index in [1.54, 1.807) is 13.0 Å². The topological polar surface area (TPSA) is 63.2 Å². The van der Waals surface area contributed by atoms with Gasteiger partial charge in [-0.05, 0) is 25.8 Å². The first kappa shape index (κ1) is 14.9. The van der Waals surface area contributed by atoms with Gasteiger partial charge in [0.2, 0.25) is 10.0 Å². The van der Waals surface area contributed by atoms with E-state index in [-0.39, 0.29) is 18.1 Å². The van der Waals surface area contributed by atoms with E-state index in [0.29, 0.717) is 12.0 Å². The summed E-state index contributed by atoms with van der Waals surface area (Å²) in [5.41, 5.74) is 2.52. The van der Waals surface area contributed by atoms with Gasteiger partial charge < -0.3 is 0 Å². The molecule has 1 aromatic rings. The Balaban J connectivity index is 2.72. The molecule has 0 heterocycles. The van der Waals surface area contributed by atoms with E-state index in [2.05, 4.69) is 4.72 Å². The Morgan fingerprint density at radius 1 is 1.28 bits per heavy atom. The Kier molecular flexibility index (Phi) is 5.04. The van der Waals surface area contributed by atoms with Crippen LogP contribution in [0.25, 0.3) is 0 Å². The van der Waals surface area contributed by atoms with Crippen LogP contribution in [0.1, 0.15) is 34.8 Å². The zero-order valence-corrected chi connectivity index (χ0v) is 11.8. The summed E-state index contributed by atoms with van der Waals surface area (Å²) in [4.78, 5) is 11.9. The second-order valence-corrected chi connectivity index (χ2v) is 6.31. The van der Waals surface area contributed by atoms with Crippen LogP contribution in [0.3, 0.4) is 0 Å². The predicted molar refractivity (Wildman–Crippen MR) is 72.3 cm³/mol. The Labute approximate surface area is 108 Å². The molecule has 4 nitrogen and oxygen atoms in total. The molecular weight excluding hydrogens is 250 g/mol. The molecule has 1 rings (SSSR count). The number of hydrogen-bond acceptors (Lipinski definition) is 3. The number of carbonyl (C=O) groups is 1. The summed E-state index contributed by atoms with van der Waals surface area (Å²) in [5, 5.41) is 0. The van der Waals surface area contributed by atoms with E-state index in [1.165, 1.54) is 0 Å². The number of benzene rings is 1. The standard InChI is InChI=1S/C13H19NO3S/c1-4-7-18(16,17)14-9-13(15)12-6-5-10(2)8-11(12)3/h5-6,8,14H,4,7,9H2,1-3H3. The normalized spacial score (nSPS) is 11.5. The quantitative estimate of drug-likeness (QED) is 0.801. The first-order valence-corrected chi connectivity index (χ1v) is 7.58. The summed E-state index contributed by atoms with van der Waals surface area (Å²) in [5.74, 6) is -0.153. The molecule has 0 aliphatic heterocycles. The molecule has 0 unspecified atom stereocenters. The van der Waals surface area contributed by atoms with Crippen LogP contribution in [0.15, 0.2) is 18.2 Å². The van der Waals surface area contributed by atoms with Gasteiger partial charge in [0, 0.05) is 5.56 Å². The van der Waals surface area contributed by atoms with Crippen LogP contribution in [0.4, 0.5) is 0 Å². The number of carbonyl (C=O) groups excluding carboxylic acids is 1. The Morgan fingerprint density at radius 3 is 2.50 bits per heavy atom. The second-order valence-electron chi connectivity index (χ2n) is 4.38. The van der Waals surface area contributed by atoms with Crippen molar-refractivity contribution in [3.63, 3.8) is 0 Å². The highest BCUT2D eigenvalue weighted by Gasteiger charge is 2.13. The fourth-order valence-electron chi connectivity index (χ4n) is 1.74. The Hall–Kier alpha value is -1.20. The summed E-state index contributed by atoms with van der Waals surface area (Å²) in [7, 11) is -3.33. The molecule has 0 radical (unpaired) electrons. The maximum absolute atomic E-state index is 11.9. The number of aryl methyl sites for hydroxylation is 2. The summed E-state index contributed by atoms with van der Waals surface area (Å²) < 4.78 is 25.2. The molecule has 0 fully saturated rings. The van der Waals surface area contributed by atoms with Gasteiger partial charge in [-0.15, -0.1) is 0 Å². The van der Waals surface area contributed by atoms with Crippen LogP contribution >= 0.6 is 0 Å². The lowest BCUT2D eigenvalue weighted by atomic mass is 10.0. The minimum atomic E-state index is -3.33. The first-order chi connectivity index (χ1) is 8.35. The monoisotopic (exact) mass is 269 g/mol. The van der Waals surface area contributed by atoms with Crippen LogP contribution < -0.4 is 4.72 Å². The maximum atomic E-state index is 11.9. The van der Waals surface area contributed by atoms with Gasteiger partial charge in [0.15, 0.2) is 5.78 Å². The third kappa shape index (κ3) is 4.23. The number of nitrogens with one attached hydrogen (secondary N) is 1. The molecule has 0 spiro atoms. The third-order valence-corrected chi connectivity index (χ3v) is 4.14. The van der Waals surface area contributed by atoms with Crippen molar-refractivity contribution in [2.75, 3.05) is 12.3 Å². The van der Waals surface area contributed by atoms with Gasteiger partial charge in [-0.2, -0.15) is 0 Å². The molecule has 5 heteroatoms. The van der Waals surface area contributed by atoms with E-state index in [9.17, 15) is 13.2 Å². The highest BCUT2D eigenvalue weighted by molar-refractivity contribution is 7.89. The molecule has 0 amide bonds. The van der Waals surface area contributed by atoms with Crippen LogP contribution in [0.2, 0.25) is 0 Å². The van der Waals surface area contributed by atoms with Gasteiger partial charge in [0.25, 0.3) is 0 Å². The van der Waals surface area contributed by atoms with Crippen molar-refractivity contribution >= 4 is 15.8 Å². The molecule has 0 aliphatic carbocycles. The Bertz CT molecular complexity index is 535. The molecule has 0 aliphatic rings. The third-order valence-electron chi connectivity index (χ3n) is 2.61. The smallest absolute Gasteiger partial charge is 0.211 e. The predicted octanol–water partition coefficient (Wildman–Crippen LogP) is 1.82. The fraction of sp³-hybridized carbons (Fsp3) is 0.462. The first-order valence-electron chi connectivity index (χ1n) is 5.93. The largest absolute Gasteiger partial charge is 0.293 e. The molecule has 0 atom stereocenters. The lowest BCUT2D eigenvalue weighted by molar-refractivity contribution is 0.0996. The van der Waals surface area contributed by atoms with E-state index in [1.807, 2.05) is 26.0 Å². The highest BCUT2D eigenvalue weighted by atomic mass is 32.2. The van der Waals surface area contributed by atoms with Crippen LogP contribution in [-0.4, -0.2) is 26.5 Å². The second kappa shape index (κ2) is 6.11. The van der Waals surface area contributed by atoms with Gasteiger partial charge in [-0.1, -0.05) is 30.7 Å². The molecule has 1 N–H and O–H groups in total. The molecule has 0 bridgehead atoms. The van der Waals surface area contributed by atoms with Crippen molar-refractivity contribution in [2.24, 2.45) is 0 Å². The van der Waals surface area contributed by atoms with Crippen molar-refractivity contribution in [1.29, 1.82) is 0 Å². The van der Waals surface area contributed by atoms with E-state index < -0.39 is 10.0 Å². The van der Waals surface area contributed by atoms with Gasteiger partial charge >= 0.3 is 0 Å². The number of ketones is 1. The van der Waals surface area contributed by atoms with Crippen molar-refractivity contribution < 1.29 is 13.2 Å². The number of rotatable bonds is 6. The average Bonchev–Trinajstić information content (AvgIpc) is 2.26. The summed E-state index contributed by atoms with van der Waals surface area (Å²) in [6, 6.07) is 5.50. The van der Waals surface area contributed by atoms with Crippen molar-refractivity contribution in [3.8, 4) is 0 Å². The molecule has 1 aromatic carbocycles. The van der Waals surface area contributed by atoms with Gasteiger partial charge in [-0.3, -0.25) is 4.79 Å². The lowest BCUT2D eigenvalue weighted by Crippen LogP contribution is -2.31. The minimum absolute atomic E-state index is 0.0488. The molecule has 100 valence electrons. The van der Waals surface area contributed by atoms with Crippen LogP contribution in [-0.2, 0) is 10.0 Å². The summed E-state index contributed by atoms with van der Waals surface area (Å²) in [6.07, 6.45) is 0.535. The van der Waals surface area contributed by atoms with Crippen molar-refractivity contribution in [2.45, 2.75) is 27.2 Å². The van der Waals surface area contributed by atoms with Gasteiger partial charge in [0.05, 0.1) is 12.3 Å². The number of Topliss-reactive ketones (excluding diaryl/α,β-unsaturated/α-hetero) is 1. The average molecular weight is 269 g/mol. The lowest BCUT2D eigenvalue weighted by Gasteiger charge is -2.07. The minimum Gasteiger partial charge on any atom is -0.293 e. The zero-order valence-electron chi connectivity index (χ0n) is 11.0. The molecule has 0 aromatic heterocycles. The van der Waals surface area contributed by atoms with Crippen LogP contribution in [0, 0.1) is 13.8 Å². The molecule has 0 saturated carbocycles. The van der Waals surface area contributed by atoms with Gasteiger partial charge in [-0.25, -0.2) is 13.1 Å². The fourth-order valence-corrected chi connectivity index (χ4v) is 2.77. The molecule has 18 heavy (non-hydrogen) atoms. The van der Waals surface area contributed by atoms with E-state index in [4.69, 9.17) is 0 Å². The van der Waals surface area contributed by atoms with Crippen molar-refractivity contribution in [1.82, 2.24) is 4.72 Å². The molecular formula is C13H19NO3S. The summed E-state index contributed by atoms with van der Waals surface area (Å²) in [6.45, 7) is 5.41. The SMILES string of the molecule is CCCS(=O)(=O)NCC(=O)c1ccc(C)cc1C. The van der Waals surface area contributed by atoms with Crippen LogP contribution in [0.5, 0.6) is 0 Å². The van der Waals surface area contributed by atoms with Gasteiger partial charge in [0.1, 0.15) is 0 Å². The Morgan fingerprint density at radius 2 is 1.94 bits per heavy atom. The summed E-state index contributed by atoms with van der Waals surface area (Å²) >= 11 is 0. The van der Waals surface area contributed by atoms with E-state index >= 15 is 0 Å². The number of hydrogen-bond donors (Lipinski definition) is 1. The number of sulfonamides is 1. The molecule has 0 saturated heterocycles. The maximum Gasteiger partial charge on any atom is 0.211 e.